The van der Waals surface area contributed by atoms with Gasteiger partial charge in [-0.2, -0.15) is 0 Å². The van der Waals surface area contributed by atoms with Gasteiger partial charge in [-0.3, -0.25) is 0 Å². The van der Waals surface area contributed by atoms with E-state index >= 15 is 0 Å². The van der Waals surface area contributed by atoms with Gasteiger partial charge < -0.3 is 0 Å². The third-order valence-corrected chi connectivity index (χ3v) is 0.940. The van der Waals surface area contributed by atoms with Crippen LogP contribution in [0.5, 0.6) is 0 Å². The molecule has 0 saturated carbocycles. The van der Waals surface area contributed by atoms with E-state index in [1.165, 1.54) is 5.56 Å². The van der Waals surface area contributed by atoms with E-state index in [9.17, 15) is 0 Å². The molecule has 0 aliphatic carbocycles. The zero-order valence-electron chi connectivity index (χ0n) is 5.39. The quantitative estimate of drug-likeness (QED) is 0.532. The molecule has 0 N–H and O–H groups in total. The zero-order valence-corrected chi connectivity index (χ0v) is 12.6. The van der Waals surface area contributed by atoms with E-state index in [2.05, 4.69) is 19.1 Å². The van der Waals surface area contributed by atoms with Gasteiger partial charge in [-0.1, -0.05) is 35.9 Å². The molecule has 0 atom stereocenters. The summed E-state index contributed by atoms with van der Waals surface area (Å²) in [6.45, 7) is 2.08. The summed E-state index contributed by atoms with van der Waals surface area (Å²) in [5.41, 5.74) is 1.32. The van der Waals surface area contributed by atoms with Gasteiger partial charge in [-0.25, -0.2) is 0 Å². The summed E-state index contributed by atoms with van der Waals surface area (Å²) in [5.74, 6) is 0. The molecule has 0 unspecified atom stereocenters. The smallest absolute Gasteiger partial charge is 0 e. The Kier molecular flexibility index (Phi) is 9.92. The van der Waals surface area contributed by atoms with Gasteiger partial charge in [0.2, 0.25) is 0 Å². The largest absolute Gasteiger partial charge is 0.0622 e. The predicted octanol–water partition coefficient (Wildman–Crippen LogP) is 1.99. The molecule has 0 spiro atoms. The maximum atomic E-state index is 2.08. The van der Waals surface area contributed by atoms with Crippen molar-refractivity contribution < 1.29 is 51.7 Å². The standard InChI is InChI=1S/C7H8.2Hf/c1-7-5-3-2-4-6-7;;/h2-6H,1H3;;. The average Bonchev–Trinajstić information content (AvgIpc) is 1.69. The summed E-state index contributed by atoms with van der Waals surface area (Å²) in [5, 5.41) is 0. The van der Waals surface area contributed by atoms with Crippen LogP contribution in [0.15, 0.2) is 30.3 Å². The third-order valence-electron chi connectivity index (χ3n) is 0.940. The molecule has 0 aliphatic rings. The summed E-state index contributed by atoms with van der Waals surface area (Å²) >= 11 is 0. The Hall–Kier alpha value is 0.960. The first kappa shape index (κ1) is 12.6. The van der Waals surface area contributed by atoms with Gasteiger partial charge in [0, 0.05) is 51.7 Å². The van der Waals surface area contributed by atoms with Crippen molar-refractivity contribution in [2.45, 2.75) is 6.92 Å². The molecule has 1 aromatic carbocycles. The molecule has 2 heteroatoms. The summed E-state index contributed by atoms with van der Waals surface area (Å²) in [7, 11) is 0. The molecule has 0 amide bonds. The number of aryl methyl sites for hydroxylation is 1. The van der Waals surface area contributed by atoms with Gasteiger partial charge in [0.05, 0.1) is 0 Å². The van der Waals surface area contributed by atoms with Crippen molar-refractivity contribution in [3.05, 3.63) is 35.9 Å². The molecule has 0 radical (unpaired) electrons. The number of hydrogen-bond donors (Lipinski definition) is 0. The van der Waals surface area contributed by atoms with E-state index in [-0.39, 0.29) is 51.7 Å². The van der Waals surface area contributed by atoms with Crippen molar-refractivity contribution in [3.8, 4) is 0 Å². The predicted molar refractivity (Wildman–Crippen MR) is 31.2 cm³/mol. The Morgan fingerprint density at radius 3 is 1.56 bits per heavy atom. The molecule has 0 heterocycles. The summed E-state index contributed by atoms with van der Waals surface area (Å²) in [4.78, 5) is 0. The van der Waals surface area contributed by atoms with Crippen molar-refractivity contribution in [3.63, 3.8) is 0 Å². The van der Waals surface area contributed by atoms with E-state index in [1.54, 1.807) is 0 Å². The Balaban J connectivity index is 0. The molecule has 9 heavy (non-hydrogen) atoms. The Morgan fingerprint density at radius 2 is 1.33 bits per heavy atom. The van der Waals surface area contributed by atoms with Crippen LogP contribution < -0.4 is 0 Å². The fraction of sp³-hybridized carbons (Fsp3) is 0.143. The van der Waals surface area contributed by atoms with Crippen molar-refractivity contribution in [1.29, 1.82) is 0 Å². The normalized spacial score (nSPS) is 6.78. The first-order valence-electron chi connectivity index (χ1n) is 2.41. The average molecular weight is 449 g/mol. The van der Waals surface area contributed by atoms with Gasteiger partial charge in [-0.05, 0) is 6.92 Å². The molecule has 1 aromatic rings. The molecular weight excluding hydrogens is 441 g/mol. The number of hydrogen-bond acceptors (Lipinski definition) is 0. The molecular formula is C7H8Hf2. The maximum absolute atomic E-state index is 2.08. The second kappa shape index (κ2) is 7.07. The molecule has 0 aliphatic heterocycles. The monoisotopic (exact) mass is 452 g/mol. The van der Waals surface area contributed by atoms with E-state index in [0.717, 1.165) is 0 Å². The SMILES string of the molecule is Cc1ccccc1.[Hf].[Hf]. The van der Waals surface area contributed by atoms with Gasteiger partial charge in [-0.15, -0.1) is 0 Å². The van der Waals surface area contributed by atoms with Crippen LogP contribution in [0.4, 0.5) is 0 Å². The zero-order chi connectivity index (χ0) is 5.11. The van der Waals surface area contributed by atoms with Crippen LogP contribution in [0, 0.1) is 6.92 Å². The van der Waals surface area contributed by atoms with Crippen LogP contribution in [0.3, 0.4) is 0 Å². The first-order chi connectivity index (χ1) is 3.39. The second-order valence-corrected chi connectivity index (χ2v) is 1.65. The van der Waals surface area contributed by atoms with Crippen molar-refractivity contribution in [2.75, 3.05) is 0 Å². The molecule has 44 valence electrons. The minimum Gasteiger partial charge on any atom is -0.0622 e. The van der Waals surface area contributed by atoms with Gasteiger partial charge >= 0.3 is 0 Å². The topological polar surface area (TPSA) is 0 Å². The van der Waals surface area contributed by atoms with Crippen molar-refractivity contribution in [2.24, 2.45) is 0 Å². The van der Waals surface area contributed by atoms with E-state index in [1.807, 2.05) is 18.2 Å². The molecule has 0 saturated heterocycles. The van der Waals surface area contributed by atoms with Crippen molar-refractivity contribution in [1.82, 2.24) is 0 Å². The summed E-state index contributed by atoms with van der Waals surface area (Å²) in [6, 6.07) is 10.3. The minimum absolute atomic E-state index is 0. The molecule has 0 fully saturated rings. The summed E-state index contributed by atoms with van der Waals surface area (Å²) < 4.78 is 0. The molecule has 0 bridgehead atoms. The van der Waals surface area contributed by atoms with Gasteiger partial charge in [0.15, 0.2) is 0 Å². The van der Waals surface area contributed by atoms with Crippen LogP contribution in [0.1, 0.15) is 5.56 Å². The van der Waals surface area contributed by atoms with Crippen LogP contribution in [-0.4, -0.2) is 0 Å². The Labute approximate surface area is 93.6 Å². The van der Waals surface area contributed by atoms with Crippen LogP contribution in [0.2, 0.25) is 0 Å². The van der Waals surface area contributed by atoms with E-state index < -0.39 is 0 Å². The van der Waals surface area contributed by atoms with Crippen molar-refractivity contribution >= 4 is 0 Å². The minimum atomic E-state index is 0. The van der Waals surface area contributed by atoms with E-state index in [0.29, 0.717) is 0 Å². The fourth-order valence-corrected chi connectivity index (χ4v) is 0.534. The third kappa shape index (κ3) is 5.41. The molecule has 1 rings (SSSR count). The summed E-state index contributed by atoms with van der Waals surface area (Å²) in [6.07, 6.45) is 0. The van der Waals surface area contributed by atoms with Crippen LogP contribution in [-0.2, 0) is 51.7 Å². The second-order valence-electron chi connectivity index (χ2n) is 1.65. The van der Waals surface area contributed by atoms with Gasteiger partial charge in [0.1, 0.15) is 0 Å². The molecule has 0 nitrogen and oxygen atoms in total. The maximum Gasteiger partial charge on any atom is 0 e. The Bertz CT molecular complexity index is 137. The molecule has 0 aromatic heterocycles. The fourth-order valence-electron chi connectivity index (χ4n) is 0.534. The van der Waals surface area contributed by atoms with E-state index in [4.69, 9.17) is 0 Å². The number of rotatable bonds is 0. The Morgan fingerprint density at radius 1 is 0.889 bits per heavy atom. The van der Waals surface area contributed by atoms with Gasteiger partial charge in [0.25, 0.3) is 0 Å². The number of benzene rings is 1. The van der Waals surface area contributed by atoms with Crippen LogP contribution >= 0.6 is 0 Å². The first-order valence-corrected chi connectivity index (χ1v) is 2.41. The van der Waals surface area contributed by atoms with Crippen LogP contribution in [0.25, 0.3) is 0 Å².